The molecule has 78 valence electrons. The minimum absolute atomic E-state index is 0.396. The van der Waals surface area contributed by atoms with Crippen molar-refractivity contribution in [3.63, 3.8) is 0 Å². The molecule has 0 bridgehead atoms. The Kier molecular flexibility index (Phi) is 3.74. The van der Waals surface area contributed by atoms with E-state index in [1.165, 1.54) is 13.0 Å². The SMILES string of the molecule is CCC(C(C)C)N1CC(C)C(N)C1. The van der Waals surface area contributed by atoms with E-state index in [4.69, 9.17) is 5.73 Å². The van der Waals surface area contributed by atoms with Crippen molar-refractivity contribution < 1.29 is 0 Å². The lowest BCUT2D eigenvalue weighted by Crippen LogP contribution is -2.38. The van der Waals surface area contributed by atoms with Gasteiger partial charge in [0, 0.05) is 25.2 Å². The third kappa shape index (κ3) is 2.44. The maximum absolute atomic E-state index is 6.02. The van der Waals surface area contributed by atoms with Crippen LogP contribution in [0.3, 0.4) is 0 Å². The summed E-state index contributed by atoms with van der Waals surface area (Å²) in [5, 5.41) is 0. The second kappa shape index (κ2) is 4.43. The molecule has 1 aliphatic heterocycles. The van der Waals surface area contributed by atoms with Crippen molar-refractivity contribution in [3.05, 3.63) is 0 Å². The van der Waals surface area contributed by atoms with E-state index >= 15 is 0 Å². The molecule has 0 aromatic carbocycles. The summed E-state index contributed by atoms with van der Waals surface area (Å²) in [7, 11) is 0. The molecule has 13 heavy (non-hydrogen) atoms. The van der Waals surface area contributed by atoms with Crippen LogP contribution in [-0.2, 0) is 0 Å². The highest BCUT2D eigenvalue weighted by Gasteiger charge is 2.31. The summed E-state index contributed by atoms with van der Waals surface area (Å²) in [4.78, 5) is 2.57. The van der Waals surface area contributed by atoms with E-state index < -0.39 is 0 Å². The molecular formula is C11H24N2. The van der Waals surface area contributed by atoms with Gasteiger partial charge in [-0.1, -0.05) is 27.7 Å². The third-order valence-corrected chi connectivity index (χ3v) is 3.36. The van der Waals surface area contributed by atoms with Crippen molar-refractivity contribution in [2.45, 2.75) is 46.2 Å². The van der Waals surface area contributed by atoms with Gasteiger partial charge < -0.3 is 5.73 Å². The van der Waals surface area contributed by atoms with Gasteiger partial charge >= 0.3 is 0 Å². The predicted octanol–water partition coefficient (Wildman–Crippen LogP) is 1.70. The molecule has 0 aromatic rings. The molecule has 1 saturated heterocycles. The van der Waals surface area contributed by atoms with E-state index in [1.807, 2.05) is 0 Å². The molecule has 0 saturated carbocycles. The molecule has 0 amide bonds. The maximum Gasteiger partial charge on any atom is 0.0206 e. The molecular weight excluding hydrogens is 160 g/mol. The summed E-state index contributed by atoms with van der Waals surface area (Å²) >= 11 is 0. The fourth-order valence-electron chi connectivity index (χ4n) is 2.45. The molecule has 2 N–H and O–H groups in total. The van der Waals surface area contributed by atoms with Crippen LogP contribution in [0.5, 0.6) is 0 Å². The van der Waals surface area contributed by atoms with Crippen molar-refractivity contribution in [1.82, 2.24) is 4.90 Å². The van der Waals surface area contributed by atoms with Gasteiger partial charge in [0.1, 0.15) is 0 Å². The zero-order chi connectivity index (χ0) is 10.0. The molecule has 0 aromatic heterocycles. The monoisotopic (exact) mass is 184 g/mol. The highest BCUT2D eigenvalue weighted by molar-refractivity contribution is 4.88. The van der Waals surface area contributed by atoms with Crippen LogP contribution >= 0.6 is 0 Å². The van der Waals surface area contributed by atoms with E-state index in [0.29, 0.717) is 12.0 Å². The van der Waals surface area contributed by atoms with Crippen LogP contribution in [0, 0.1) is 11.8 Å². The summed E-state index contributed by atoms with van der Waals surface area (Å²) in [6.07, 6.45) is 1.25. The lowest BCUT2D eigenvalue weighted by molar-refractivity contribution is 0.180. The number of hydrogen-bond acceptors (Lipinski definition) is 2. The lowest BCUT2D eigenvalue weighted by atomic mass is 10.0. The number of rotatable bonds is 3. The van der Waals surface area contributed by atoms with Gasteiger partial charge in [-0.25, -0.2) is 0 Å². The van der Waals surface area contributed by atoms with Gasteiger partial charge in [0.25, 0.3) is 0 Å². The highest BCUT2D eigenvalue weighted by Crippen LogP contribution is 2.22. The van der Waals surface area contributed by atoms with Crippen LogP contribution < -0.4 is 5.73 Å². The largest absolute Gasteiger partial charge is 0.326 e. The van der Waals surface area contributed by atoms with Crippen LogP contribution in [0.4, 0.5) is 0 Å². The predicted molar refractivity (Wildman–Crippen MR) is 57.6 cm³/mol. The molecule has 1 fully saturated rings. The number of nitrogens with zero attached hydrogens (tertiary/aromatic N) is 1. The Morgan fingerprint density at radius 2 is 2.00 bits per heavy atom. The molecule has 2 heteroatoms. The molecule has 2 nitrogen and oxygen atoms in total. The summed E-state index contributed by atoms with van der Waals surface area (Å²) < 4.78 is 0. The smallest absolute Gasteiger partial charge is 0.0206 e. The maximum atomic E-state index is 6.02. The van der Waals surface area contributed by atoms with Gasteiger partial charge in [-0.05, 0) is 18.3 Å². The second-order valence-electron chi connectivity index (χ2n) is 4.81. The fourth-order valence-corrected chi connectivity index (χ4v) is 2.45. The Morgan fingerprint density at radius 3 is 2.31 bits per heavy atom. The summed E-state index contributed by atoms with van der Waals surface area (Å²) in [5.74, 6) is 1.43. The number of nitrogens with two attached hydrogens (primary N) is 1. The van der Waals surface area contributed by atoms with Crippen molar-refractivity contribution in [1.29, 1.82) is 0 Å². The molecule has 0 aliphatic carbocycles. The quantitative estimate of drug-likeness (QED) is 0.723. The van der Waals surface area contributed by atoms with Crippen molar-refractivity contribution in [3.8, 4) is 0 Å². The Morgan fingerprint density at radius 1 is 1.38 bits per heavy atom. The third-order valence-electron chi connectivity index (χ3n) is 3.36. The summed E-state index contributed by atoms with van der Waals surface area (Å²) in [6.45, 7) is 11.4. The number of likely N-dealkylation sites (tertiary alicyclic amines) is 1. The van der Waals surface area contributed by atoms with Crippen LogP contribution in [-0.4, -0.2) is 30.1 Å². The van der Waals surface area contributed by atoms with Gasteiger partial charge in [0.15, 0.2) is 0 Å². The van der Waals surface area contributed by atoms with Crippen molar-refractivity contribution in [2.24, 2.45) is 17.6 Å². The van der Waals surface area contributed by atoms with Crippen LogP contribution in [0.15, 0.2) is 0 Å². The Bertz CT molecular complexity index is 146. The average molecular weight is 184 g/mol. The highest BCUT2D eigenvalue weighted by atomic mass is 15.2. The molecule has 0 spiro atoms. The molecule has 1 aliphatic rings. The molecule has 0 radical (unpaired) electrons. The van der Waals surface area contributed by atoms with Crippen LogP contribution in [0.2, 0.25) is 0 Å². The Balaban J connectivity index is 2.52. The normalized spacial score (nSPS) is 32.8. The molecule has 3 atom stereocenters. The van der Waals surface area contributed by atoms with Crippen molar-refractivity contribution in [2.75, 3.05) is 13.1 Å². The zero-order valence-electron chi connectivity index (χ0n) is 9.46. The van der Waals surface area contributed by atoms with Gasteiger partial charge in [0.2, 0.25) is 0 Å². The van der Waals surface area contributed by atoms with Gasteiger partial charge in [-0.2, -0.15) is 0 Å². The zero-order valence-corrected chi connectivity index (χ0v) is 9.46. The van der Waals surface area contributed by atoms with Crippen LogP contribution in [0.1, 0.15) is 34.1 Å². The first-order chi connectivity index (χ1) is 6.06. The lowest BCUT2D eigenvalue weighted by Gasteiger charge is -2.30. The van der Waals surface area contributed by atoms with Crippen LogP contribution in [0.25, 0.3) is 0 Å². The van der Waals surface area contributed by atoms with E-state index in [0.717, 1.165) is 18.5 Å². The van der Waals surface area contributed by atoms with Gasteiger partial charge in [-0.15, -0.1) is 0 Å². The standard InChI is InChI=1S/C11H24N2/c1-5-11(8(2)3)13-6-9(4)10(12)7-13/h8-11H,5-7,12H2,1-4H3. The van der Waals surface area contributed by atoms with Gasteiger partial charge in [0.05, 0.1) is 0 Å². The molecule has 3 unspecified atom stereocenters. The average Bonchev–Trinajstić information content (AvgIpc) is 2.32. The van der Waals surface area contributed by atoms with E-state index in [2.05, 4.69) is 32.6 Å². The van der Waals surface area contributed by atoms with Gasteiger partial charge in [-0.3, -0.25) is 4.90 Å². The van der Waals surface area contributed by atoms with Crippen molar-refractivity contribution >= 4 is 0 Å². The topological polar surface area (TPSA) is 29.3 Å². The Labute approximate surface area is 82.5 Å². The first kappa shape index (κ1) is 11.0. The number of hydrogen-bond donors (Lipinski definition) is 1. The van der Waals surface area contributed by atoms with E-state index in [-0.39, 0.29) is 0 Å². The molecule has 1 rings (SSSR count). The minimum atomic E-state index is 0.396. The first-order valence-corrected chi connectivity index (χ1v) is 5.55. The first-order valence-electron chi connectivity index (χ1n) is 5.55. The Hall–Kier alpha value is -0.0800. The van der Waals surface area contributed by atoms with E-state index in [1.54, 1.807) is 0 Å². The second-order valence-corrected chi connectivity index (χ2v) is 4.81. The minimum Gasteiger partial charge on any atom is -0.326 e. The summed E-state index contributed by atoms with van der Waals surface area (Å²) in [6, 6.07) is 1.13. The molecule has 1 heterocycles. The summed E-state index contributed by atoms with van der Waals surface area (Å²) in [5.41, 5.74) is 6.02. The van der Waals surface area contributed by atoms with E-state index in [9.17, 15) is 0 Å². The fraction of sp³-hybridized carbons (Fsp3) is 1.00.